The largest absolute Gasteiger partial charge is 0.508 e. The highest BCUT2D eigenvalue weighted by molar-refractivity contribution is 5.36. The Kier molecular flexibility index (Phi) is 4.47. The van der Waals surface area contributed by atoms with Gasteiger partial charge < -0.3 is 9.84 Å². The lowest BCUT2D eigenvalue weighted by atomic mass is 10.1. The maximum atomic E-state index is 9.48. The average Bonchev–Trinajstić information content (AvgIpc) is 2.21. The van der Waals surface area contributed by atoms with Gasteiger partial charge in [-0.2, -0.15) is 0 Å². The van der Waals surface area contributed by atoms with E-state index in [2.05, 4.69) is 0 Å². The van der Waals surface area contributed by atoms with E-state index in [1.807, 2.05) is 26.0 Å². The van der Waals surface area contributed by atoms with Crippen molar-refractivity contribution in [3.8, 4) is 5.75 Å². The lowest BCUT2D eigenvalue weighted by Gasteiger charge is -2.06. The smallest absolute Gasteiger partial charge is 0.118 e. The van der Waals surface area contributed by atoms with Gasteiger partial charge in [0.1, 0.15) is 5.75 Å². The molecule has 0 atom stereocenters. The third-order valence-corrected chi connectivity index (χ3v) is 2.26. The van der Waals surface area contributed by atoms with E-state index in [1.54, 1.807) is 6.07 Å². The van der Waals surface area contributed by atoms with Crippen molar-refractivity contribution in [3.63, 3.8) is 0 Å². The fraction of sp³-hybridized carbons (Fsp3) is 0.500. The molecule has 0 saturated carbocycles. The van der Waals surface area contributed by atoms with Crippen molar-refractivity contribution in [2.75, 3.05) is 13.2 Å². The summed E-state index contributed by atoms with van der Waals surface area (Å²) in [5.41, 5.74) is 2.24. The van der Waals surface area contributed by atoms with E-state index in [4.69, 9.17) is 4.74 Å². The van der Waals surface area contributed by atoms with Gasteiger partial charge >= 0.3 is 0 Å². The predicted molar refractivity (Wildman–Crippen MR) is 57.7 cm³/mol. The van der Waals surface area contributed by atoms with Crippen molar-refractivity contribution < 1.29 is 9.84 Å². The van der Waals surface area contributed by atoms with Gasteiger partial charge in [0.25, 0.3) is 0 Å². The van der Waals surface area contributed by atoms with Crippen LogP contribution in [0.3, 0.4) is 0 Å². The Labute approximate surface area is 85.5 Å². The van der Waals surface area contributed by atoms with Crippen LogP contribution in [0.2, 0.25) is 0 Å². The molecule has 2 heteroatoms. The Morgan fingerprint density at radius 2 is 2.07 bits per heavy atom. The van der Waals surface area contributed by atoms with Crippen LogP contribution in [0.15, 0.2) is 18.2 Å². The number of aryl methyl sites for hydroxylation is 1. The van der Waals surface area contributed by atoms with E-state index in [0.717, 1.165) is 31.6 Å². The van der Waals surface area contributed by atoms with E-state index in [1.165, 1.54) is 5.56 Å². The molecule has 0 radical (unpaired) electrons. The van der Waals surface area contributed by atoms with E-state index in [-0.39, 0.29) is 0 Å². The molecule has 0 aliphatic rings. The number of aromatic hydroxyl groups is 1. The van der Waals surface area contributed by atoms with Gasteiger partial charge in [-0.05, 0) is 37.0 Å². The molecule has 1 rings (SSSR count). The normalized spacial score (nSPS) is 10.4. The maximum Gasteiger partial charge on any atom is 0.118 e. The first-order valence-corrected chi connectivity index (χ1v) is 5.16. The van der Waals surface area contributed by atoms with Crippen LogP contribution >= 0.6 is 0 Å². The fourth-order valence-electron chi connectivity index (χ4n) is 1.41. The van der Waals surface area contributed by atoms with Gasteiger partial charge in [-0.25, -0.2) is 0 Å². The molecule has 78 valence electrons. The number of benzene rings is 1. The Bertz CT molecular complexity index is 282. The topological polar surface area (TPSA) is 29.5 Å². The molecule has 1 N–H and O–H groups in total. The molecule has 0 unspecified atom stereocenters. The molecule has 0 spiro atoms. The highest BCUT2D eigenvalue weighted by atomic mass is 16.5. The van der Waals surface area contributed by atoms with Crippen LogP contribution in [-0.2, 0) is 17.6 Å². The molecular weight excluding hydrogens is 176 g/mol. The number of hydrogen-bond acceptors (Lipinski definition) is 2. The number of phenols is 1. The van der Waals surface area contributed by atoms with Gasteiger partial charge in [-0.1, -0.05) is 19.1 Å². The van der Waals surface area contributed by atoms with Crippen molar-refractivity contribution in [2.45, 2.75) is 26.7 Å². The first-order valence-electron chi connectivity index (χ1n) is 5.16. The summed E-state index contributed by atoms with van der Waals surface area (Å²) in [7, 11) is 0. The SMILES string of the molecule is CCOCCc1ccc(O)c(CC)c1. The van der Waals surface area contributed by atoms with Crippen molar-refractivity contribution in [1.82, 2.24) is 0 Å². The summed E-state index contributed by atoms with van der Waals surface area (Å²) < 4.78 is 5.28. The van der Waals surface area contributed by atoms with Crippen molar-refractivity contribution in [1.29, 1.82) is 0 Å². The van der Waals surface area contributed by atoms with Crippen molar-refractivity contribution in [3.05, 3.63) is 29.3 Å². The van der Waals surface area contributed by atoms with Gasteiger partial charge in [0.15, 0.2) is 0 Å². The molecule has 0 bridgehead atoms. The Balaban J connectivity index is 2.60. The standard InChI is InChI=1S/C12H18O2/c1-3-11-9-10(5-6-12(11)13)7-8-14-4-2/h5-6,9,13H,3-4,7-8H2,1-2H3. The minimum Gasteiger partial charge on any atom is -0.508 e. The van der Waals surface area contributed by atoms with Crippen LogP contribution < -0.4 is 0 Å². The molecule has 0 fully saturated rings. The predicted octanol–water partition coefficient (Wildman–Crippen LogP) is 2.53. The second-order valence-electron chi connectivity index (χ2n) is 3.26. The molecule has 0 aromatic heterocycles. The summed E-state index contributed by atoms with van der Waals surface area (Å²) in [6.45, 7) is 5.55. The Morgan fingerprint density at radius 1 is 1.29 bits per heavy atom. The summed E-state index contributed by atoms with van der Waals surface area (Å²) in [6.07, 6.45) is 1.79. The lowest BCUT2D eigenvalue weighted by Crippen LogP contribution is -1.98. The minimum absolute atomic E-state index is 0.396. The third-order valence-electron chi connectivity index (χ3n) is 2.26. The molecular formula is C12H18O2. The van der Waals surface area contributed by atoms with E-state index < -0.39 is 0 Å². The first kappa shape index (κ1) is 11.1. The van der Waals surface area contributed by atoms with E-state index in [0.29, 0.717) is 5.75 Å². The lowest BCUT2D eigenvalue weighted by molar-refractivity contribution is 0.151. The summed E-state index contributed by atoms with van der Waals surface area (Å²) in [5.74, 6) is 0.396. The highest BCUT2D eigenvalue weighted by Gasteiger charge is 2.00. The second kappa shape index (κ2) is 5.66. The highest BCUT2D eigenvalue weighted by Crippen LogP contribution is 2.19. The summed E-state index contributed by atoms with van der Waals surface area (Å²) in [5, 5.41) is 9.48. The van der Waals surface area contributed by atoms with Gasteiger partial charge in [0.05, 0.1) is 6.61 Å². The van der Waals surface area contributed by atoms with Gasteiger partial charge in [-0.15, -0.1) is 0 Å². The summed E-state index contributed by atoms with van der Waals surface area (Å²) in [4.78, 5) is 0. The number of ether oxygens (including phenoxy) is 1. The number of rotatable bonds is 5. The van der Waals surface area contributed by atoms with Crippen LogP contribution in [0, 0.1) is 0 Å². The average molecular weight is 194 g/mol. The zero-order valence-electron chi connectivity index (χ0n) is 8.92. The zero-order valence-corrected chi connectivity index (χ0v) is 8.92. The molecule has 0 heterocycles. The fourth-order valence-corrected chi connectivity index (χ4v) is 1.41. The molecule has 14 heavy (non-hydrogen) atoms. The molecule has 2 nitrogen and oxygen atoms in total. The molecule has 0 saturated heterocycles. The summed E-state index contributed by atoms with van der Waals surface area (Å²) in [6, 6.07) is 5.77. The monoisotopic (exact) mass is 194 g/mol. The van der Waals surface area contributed by atoms with Gasteiger partial charge in [0, 0.05) is 6.61 Å². The van der Waals surface area contributed by atoms with Crippen LogP contribution in [0.1, 0.15) is 25.0 Å². The van der Waals surface area contributed by atoms with Crippen LogP contribution in [0.4, 0.5) is 0 Å². The van der Waals surface area contributed by atoms with E-state index >= 15 is 0 Å². The van der Waals surface area contributed by atoms with Gasteiger partial charge in [-0.3, -0.25) is 0 Å². The summed E-state index contributed by atoms with van der Waals surface area (Å²) >= 11 is 0. The first-order chi connectivity index (χ1) is 6.77. The quantitative estimate of drug-likeness (QED) is 0.730. The van der Waals surface area contributed by atoms with Crippen LogP contribution in [0.5, 0.6) is 5.75 Å². The molecule has 0 aliphatic heterocycles. The van der Waals surface area contributed by atoms with Crippen molar-refractivity contribution in [2.24, 2.45) is 0 Å². The van der Waals surface area contributed by atoms with Crippen molar-refractivity contribution >= 4 is 0 Å². The van der Waals surface area contributed by atoms with Gasteiger partial charge in [0.2, 0.25) is 0 Å². The zero-order chi connectivity index (χ0) is 10.4. The Hall–Kier alpha value is -1.02. The third kappa shape index (κ3) is 3.04. The molecule has 1 aromatic carbocycles. The molecule has 0 aliphatic carbocycles. The molecule has 1 aromatic rings. The van der Waals surface area contributed by atoms with E-state index in [9.17, 15) is 5.11 Å². The minimum atomic E-state index is 0.396. The Morgan fingerprint density at radius 3 is 2.71 bits per heavy atom. The number of hydrogen-bond donors (Lipinski definition) is 1. The van der Waals surface area contributed by atoms with Crippen LogP contribution in [0.25, 0.3) is 0 Å². The molecule has 0 amide bonds. The van der Waals surface area contributed by atoms with Crippen LogP contribution in [-0.4, -0.2) is 18.3 Å². The second-order valence-corrected chi connectivity index (χ2v) is 3.26. The maximum absolute atomic E-state index is 9.48. The number of phenolic OH excluding ortho intramolecular Hbond substituents is 1.